The van der Waals surface area contributed by atoms with Crippen LogP contribution in [0, 0.1) is 6.92 Å². The van der Waals surface area contributed by atoms with Crippen LogP contribution in [0.15, 0.2) is 35.2 Å². The summed E-state index contributed by atoms with van der Waals surface area (Å²) in [5.74, 6) is -0.493. The van der Waals surface area contributed by atoms with Gasteiger partial charge in [0.25, 0.3) is 5.91 Å². The highest BCUT2D eigenvalue weighted by molar-refractivity contribution is 7.89. The van der Waals surface area contributed by atoms with Crippen LogP contribution in [0.4, 0.5) is 5.69 Å². The van der Waals surface area contributed by atoms with Crippen LogP contribution in [0.25, 0.3) is 10.1 Å². The number of sulfonamides is 1. The summed E-state index contributed by atoms with van der Waals surface area (Å²) in [7, 11) is -3.90. The van der Waals surface area contributed by atoms with Crippen molar-refractivity contribution in [3.05, 3.63) is 55.8 Å². The molecule has 26 heavy (non-hydrogen) atoms. The molecule has 2 aromatic carbocycles. The number of aryl methyl sites for hydroxylation is 1. The molecule has 136 valence electrons. The molecule has 0 aliphatic carbocycles. The molecule has 1 amide bonds. The second-order valence-corrected chi connectivity index (χ2v) is 9.29. The number of carbonyl (C=O) groups excluding carboxylic acids is 1. The van der Waals surface area contributed by atoms with Gasteiger partial charge in [0.2, 0.25) is 10.0 Å². The van der Waals surface area contributed by atoms with Crippen molar-refractivity contribution in [3.8, 4) is 0 Å². The van der Waals surface area contributed by atoms with Gasteiger partial charge in [-0.25, -0.2) is 13.6 Å². The smallest absolute Gasteiger partial charge is 0.267 e. The molecule has 5 nitrogen and oxygen atoms in total. The maximum Gasteiger partial charge on any atom is 0.267 e. The lowest BCUT2D eigenvalue weighted by Gasteiger charge is -2.08. The Kier molecular flexibility index (Phi) is 5.22. The zero-order valence-corrected chi connectivity index (χ0v) is 17.0. The first-order chi connectivity index (χ1) is 12.1. The number of rotatable bonds is 3. The molecule has 0 aliphatic heterocycles. The van der Waals surface area contributed by atoms with E-state index in [2.05, 4.69) is 5.32 Å². The normalized spacial score (nSPS) is 11.7. The van der Waals surface area contributed by atoms with Gasteiger partial charge in [-0.2, -0.15) is 0 Å². The summed E-state index contributed by atoms with van der Waals surface area (Å²) >= 11 is 19.6. The fraction of sp³-hybridized carbons (Fsp3) is 0.0625. The lowest BCUT2D eigenvalue weighted by Crippen LogP contribution is -2.15. The largest absolute Gasteiger partial charge is 0.321 e. The lowest BCUT2D eigenvalue weighted by molar-refractivity contribution is 0.103. The van der Waals surface area contributed by atoms with Crippen molar-refractivity contribution in [1.29, 1.82) is 0 Å². The number of amides is 1. The maximum atomic E-state index is 12.6. The van der Waals surface area contributed by atoms with Crippen molar-refractivity contribution in [2.24, 2.45) is 5.14 Å². The van der Waals surface area contributed by atoms with Gasteiger partial charge in [0.15, 0.2) is 0 Å². The number of hydrogen-bond donors (Lipinski definition) is 2. The zero-order valence-electron chi connectivity index (χ0n) is 13.1. The van der Waals surface area contributed by atoms with Gasteiger partial charge in [0.1, 0.15) is 4.88 Å². The molecule has 3 N–H and O–H groups in total. The van der Waals surface area contributed by atoms with Gasteiger partial charge in [0, 0.05) is 20.8 Å². The molecular weight excluding hydrogens is 439 g/mol. The number of hydrogen-bond acceptors (Lipinski definition) is 4. The quantitative estimate of drug-likeness (QED) is 0.585. The van der Waals surface area contributed by atoms with Crippen LogP contribution in [-0.4, -0.2) is 14.3 Å². The van der Waals surface area contributed by atoms with Crippen molar-refractivity contribution in [3.63, 3.8) is 0 Å². The van der Waals surface area contributed by atoms with E-state index >= 15 is 0 Å². The van der Waals surface area contributed by atoms with Crippen molar-refractivity contribution < 1.29 is 13.2 Å². The predicted octanol–water partition coefficient (Wildman–Crippen LogP) is 5.07. The van der Waals surface area contributed by atoms with Crippen LogP contribution >= 0.6 is 46.1 Å². The lowest BCUT2D eigenvalue weighted by atomic mass is 10.2. The molecule has 0 atom stereocenters. The molecule has 0 saturated heterocycles. The van der Waals surface area contributed by atoms with E-state index in [1.165, 1.54) is 6.07 Å². The highest BCUT2D eigenvalue weighted by atomic mass is 35.5. The third-order valence-corrected chi connectivity index (χ3v) is 6.80. The predicted molar refractivity (Wildman–Crippen MR) is 107 cm³/mol. The minimum atomic E-state index is -3.90. The van der Waals surface area contributed by atoms with Crippen LogP contribution in [0.2, 0.25) is 15.1 Å². The van der Waals surface area contributed by atoms with E-state index in [4.69, 9.17) is 39.9 Å². The van der Waals surface area contributed by atoms with Gasteiger partial charge < -0.3 is 5.32 Å². The highest BCUT2D eigenvalue weighted by Crippen LogP contribution is 2.41. The van der Waals surface area contributed by atoms with Crippen molar-refractivity contribution >= 4 is 77.8 Å². The molecule has 3 rings (SSSR count). The molecular formula is C16H11Cl3N2O3S2. The number of nitrogens with one attached hydrogen (secondary N) is 1. The second kappa shape index (κ2) is 6.99. The van der Waals surface area contributed by atoms with E-state index in [9.17, 15) is 13.2 Å². The molecule has 0 radical (unpaired) electrons. The first kappa shape index (κ1) is 19.4. The molecule has 3 aromatic rings. The summed E-state index contributed by atoms with van der Waals surface area (Å²) in [6.07, 6.45) is 0. The number of nitrogens with two attached hydrogens (primary N) is 1. The highest BCUT2D eigenvalue weighted by Gasteiger charge is 2.20. The number of thiophene rings is 1. The topological polar surface area (TPSA) is 89.3 Å². The van der Waals surface area contributed by atoms with Gasteiger partial charge in [-0.05, 0) is 36.8 Å². The molecule has 1 aromatic heterocycles. The van der Waals surface area contributed by atoms with Crippen LogP contribution in [0.1, 0.15) is 15.2 Å². The van der Waals surface area contributed by atoms with E-state index in [1.807, 2.05) is 0 Å². The Morgan fingerprint density at radius 1 is 1.15 bits per heavy atom. The standard InChI is InChI=1S/C16H11Cl3N2O3S2/c1-7-2-3-9(6-12(7)26(20,23)24)21-16(22)15-14(19)13-10(18)4-8(17)5-11(13)25-15/h2-6H,1H3,(H,21,22)(H2,20,23,24). The average Bonchev–Trinajstić information content (AvgIpc) is 2.85. The first-order valence-electron chi connectivity index (χ1n) is 7.10. The summed E-state index contributed by atoms with van der Waals surface area (Å²) in [5, 5.41) is 9.35. The number of fused-ring (bicyclic) bond motifs is 1. The average molecular weight is 450 g/mol. The number of carbonyl (C=O) groups is 1. The van der Waals surface area contributed by atoms with Crippen LogP contribution in [0.5, 0.6) is 0 Å². The third kappa shape index (κ3) is 3.69. The Hall–Kier alpha value is -1.35. The fourth-order valence-electron chi connectivity index (χ4n) is 2.43. The Morgan fingerprint density at radius 2 is 1.85 bits per heavy atom. The van der Waals surface area contributed by atoms with Crippen LogP contribution < -0.4 is 10.5 Å². The SMILES string of the molecule is Cc1ccc(NC(=O)c2sc3cc(Cl)cc(Cl)c3c2Cl)cc1S(N)(=O)=O. The summed E-state index contributed by atoms with van der Waals surface area (Å²) in [5.41, 5.74) is 0.758. The van der Waals surface area contributed by atoms with Crippen molar-refractivity contribution in [2.75, 3.05) is 5.32 Å². The number of primary sulfonamides is 1. The Labute approximate surface area is 168 Å². The Balaban J connectivity index is 2.00. The van der Waals surface area contributed by atoms with Gasteiger partial charge in [0.05, 0.1) is 14.9 Å². The molecule has 1 heterocycles. The fourth-order valence-corrected chi connectivity index (χ4v) is 5.51. The van der Waals surface area contributed by atoms with E-state index in [0.29, 0.717) is 25.7 Å². The summed E-state index contributed by atoms with van der Waals surface area (Å²) in [6, 6.07) is 7.64. The van der Waals surface area contributed by atoms with E-state index in [1.54, 1.807) is 31.2 Å². The van der Waals surface area contributed by atoms with Gasteiger partial charge in [-0.15, -0.1) is 11.3 Å². The minimum Gasteiger partial charge on any atom is -0.321 e. The van der Waals surface area contributed by atoms with Gasteiger partial charge in [-0.3, -0.25) is 4.79 Å². The van der Waals surface area contributed by atoms with Gasteiger partial charge >= 0.3 is 0 Å². The molecule has 0 spiro atoms. The minimum absolute atomic E-state index is 0.0624. The number of halogens is 3. The van der Waals surface area contributed by atoms with Gasteiger partial charge in [-0.1, -0.05) is 40.9 Å². The van der Waals surface area contributed by atoms with Crippen LogP contribution in [-0.2, 0) is 10.0 Å². The van der Waals surface area contributed by atoms with Crippen molar-refractivity contribution in [1.82, 2.24) is 0 Å². The maximum absolute atomic E-state index is 12.6. The third-order valence-electron chi connectivity index (χ3n) is 3.61. The molecule has 0 unspecified atom stereocenters. The van der Waals surface area contributed by atoms with E-state index < -0.39 is 15.9 Å². The molecule has 0 aliphatic rings. The first-order valence-corrected chi connectivity index (χ1v) is 10.6. The monoisotopic (exact) mass is 448 g/mol. The summed E-state index contributed by atoms with van der Waals surface area (Å²) < 4.78 is 23.9. The Bertz CT molecular complexity index is 1160. The van der Waals surface area contributed by atoms with Crippen molar-refractivity contribution in [2.45, 2.75) is 11.8 Å². The molecule has 10 heteroatoms. The second-order valence-electron chi connectivity index (χ2n) is 5.49. The zero-order chi connectivity index (χ0) is 19.2. The molecule has 0 bridgehead atoms. The summed E-state index contributed by atoms with van der Waals surface area (Å²) in [6.45, 7) is 1.61. The Morgan fingerprint density at radius 3 is 2.50 bits per heavy atom. The summed E-state index contributed by atoms with van der Waals surface area (Å²) in [4.78, 5) is 12.8. The molecule has 0 saturated carbocycles. The van der Waals surface area contributed by atoms with Crippen LogP contribution in [0.3, 0.4) is 0 Å². The molecule has 0 fully saturated rings. The number of anilines is 1. The number of benzene rings is 2. The van der Waals surface area contributed by atoms with E-state index in [0.717, 1.165) is 11.3 Å². The van der Waals surface area contributed by atoms with E-state index in [-0.39, 0.29) is 20.5 Å².